The number of rotatable bonds is 4. The highest BCUT2D eigenvalue weighted by Crippen LogP contribution is 2.22. The van der Waals surface area contributed by atoms with Crippen molar-refractivity contribution in [2.24, 2.45) is 5.41 Å². The molecule has 0 bridgehead atoms. The summed E-state index contributed by atoms with van der Waals surface area (Å²) in [6.45, 7) is 3.86. The first-order valence-corrected chi connectivity index (χ1v) is 6.83. The molecule has 0 spiro atoms. The van der Waals surface area contributed by atoms with E-state index < -0.39 is 5.41 Å². The molecule has 0 aromatic heterocycles. The number of nitrogens with one attached hydrogen (secondary N) is 1. The second-order valence-electron chi connectivity index (χ2n) is 5.70. The SMILES string of the molecule is CC(C)(C#N)C(=O)NCCc1ccc2c(c1)CCC2. The third kappa shape index (κ3) is 3.14. The first-order valence-electron chi connectivity index (χ1n) is 6.83. The number of hydrogen-bond donors (Lipinski definition) is 1. The summed E-state index contributed by atoms with van der Waals surface area (Å²) in [5.41, 5.74) is 3.24. The lowest BCUT2D eigenvalue weighted by molar-refractivity contribution is -0.126. The molecule has 3 heteroatoms. The molecule has 0 saturated heterocycles. The molecule has 19 heavy (non-hydrogen) atoms. The lowest BCUT2D eigenvalue weighted by Gasteiger charge is -2.15. The average Bonchev–Trinajstić information content (AvgIpc) is 2.86. The van der Waals surface area contributed by atoms with Crippen molar-refractivity contribution >= 4 is 5.91 Å². The molecule has 1 aliphatic carbocycles. The number of benzene rings is 1. The van der Waals surface area contributed by atoms with Crippen LogP contribution in [0.1, 0.15) is 37.0 Å². The Hall–Kier alpha value is -1.82. The zero-order valence-electron chi connectivity index (χ0n) is 11.6. The Kier molecular flexibility index (Phi) is 3.90. The third-order valence-electron chi connectivity index (χ3n) is 3.71. The van der Waals surface area contributed by atoms with E-state index in [1.165, 1.54) is 36.0 Å². The Labute approximate surface area is 114 Å². The van der Waals surface area contributed by atoms with Gasteiger partial charge in [-0.3, -0.25) is 4.79 Å². The molecule has 0 atom stereocenters. The van der Waals surface area contributed by atoms with Crippen molar-refractivity contribution in [2.45, 2.75) is 39.5 Å². The molecule has 1 aromatic carbocycles. The van der Waals surface area contributed by atoms with E-state index in [9.17, 15) is 4.79 Å². The van der Waals surface area contributed by atoms with E-state index >= 15 is 0 Å². The normalized spacial score (nSPS) is 13.7. The van der Waals surface area contributed by atoms with Gasteiger partial charge in [-0.25, -0.2) is 0 Å². The summed E-state index contributed by atoms with van der Waals surface area (Å²) in [5, 5.41) is 11.7. The van der Waals surface area contributed by atoms with Gasteiger partial charge in [0, 0.05) is 6.54 Å². The average molecular weight is 256 g/mol. The van der Waals surface area contributed by atoms with Crippen LogP contribution in [0.5, 0.6) is 0 Å². The van der Waals surface area contributed by atoms with Gasteiger partial charge in [0.05, 0.1) is 6.07 Å². The summed E-state index contributed by atoms with van der Waals surface area (Å²) in [7, 11) is 0. The predicted octanol–water partition coefficient (Wildman–Crippen LogP) is 2.38. The van der Waals surface area contributed by atoms with Crippen LogP contribution < -0.4 is 5.32 Å². The number of nitrogens with zero attached hydrogens (tertiary/aromatic N) is 1. The monoisotopic (exact) mass is 256 g/mol. The van der Waals surface area contributed by atoms with E-state index in [-0.39, 0.29) is 5.91 Å². The number of aryl methyl sites for hydroxylation is 2. The minimum absolute atomic E-state index is 0.198. The lowest BCUT2D eigenvalue weighted by Crippen LogP contribution is -2.36. The van der Waals surface area contributed by atoms with Crippen LogP contribution >= 0.6 is 0 Å². The Balaban J connectivity index is 1.87. The molecule has 100 valence electrons. The summed E-state index contributed by atoms with van der Waals surface area (Å²) in [4.78, 5) is 11.7. The first kappa shape index (κ1) is 13.6. The van der Waals surface area contributed by atoms with Crippen LogP contribution in [0.4, 0.5) is 0 Å². The maximum atomic E-state index is 11.7. The Morgan fingerprint density at radius 2 is 2.11 bits per heavy atom. The van der Waals surface area contributed by atoms with Crippen molar-refractivity contribution in [2.75, 3.05) is 6.54 Å². The molecular formula is C16H20N2O. The van der Waals surface area contributed by atoms with E-state index in [0.717, 1.165) is 6.42 Å². The predicted molar refractivity (Wildman–Crippen MR) is 74.6 cm³/mol. The quantitative estimate of drug-likeness (QED) is 0.899. The zero-order chi connectivity index (χ0) is 13.9. The highest BCUT2D eigenvalue weighted by Gasteiger charge is 2.26. The molecule has 0 fully saturated rings. The molecule has 0 aliphatic heterocycles. The number of amides is 1. The van der Waals surface area contributed by atoms with Crippen molar-refractivity contribution in [3.05, 3.63) is 34.9 Å². The van der Waals surface area contributed by atoms with Crippen LogP contribution in [0.2, 0.25) is 0 Å². The van der Waals surface area contributed by atoms with Crippen LogP contribution in [0, 0.1) is 16.7 Å². The van der Waals surface area contributed by atoms with Gasteiger partial charge in [-0.05, 0) is 56.2 Å². The van der Waals surface area contributed by atoms with E-state index in [4.69, 9.17) is 5.26 Å². The molecule has 1 N–H and O–H groups in total. The third-order valence-corrected chi connectivity index (χ3v) is 3.71. The minimum Gasteiger partial charge on any atom is -0.354 e. The van der Waals surface area contributed by atoms with Gasteiger partial charge < -0.3 is 5.32 Å². The topological polar surface area (TPSA) is 52.9 Å². The minimum atomic E-state index is -0.946. The molecule has 0 unspecified atom stereocenters. The fraction of sp³-hybridized carbons (Fsp3) is 0.500. The Morgan fingerprint density at radius 3 is 2.84 bits per heavy atom. The second kappa shape index (κ2) is 5.44. The molecule has 0 radical (unpaired) electrons. The fourth-order valence-corrected chi connectivity index (χ4v) is 2.37. The van der Waals surface area contributed by atoms with Crippen molar-refractivity contribution in [1.82, 2.24) is 5.32 Å². The molecule has 1 amide bonds. The van der Waals surface area contributed by atoms with Crippen LogP contribution in [0.3, 0.4) is 0 Å². The molecule has 0 heterocycles. The van der Waals surface area contributed by atoms with Crippen LogP contribution in [-0.2, 0) is 24.1 Å². The molecule has 1 aromatic rings. The second-order valence-corrected chi connectivity index (χ2v) is 5.70. The summed E-state index contributed by atoms with van der Waals surface area (Å²) < 4.78 is 0. The van der Waals surface area contributed by atoms with Gasteiger partial charge in [-0.2, -0.15) is 5.26 Å². The number of hydrogen-bond acceptors (Lipinski definition) is 2. The Morgan fingerprint density at radius 1 is 1.37 bits per heavy atom. The van der Waals surface area contributed by atoms with Crippen LogP contribution in [-0.4, -0.2) is 12.5 Å². The smallest absolute Gasteiger partial charge is 0.239 e. The van der Waals surface area contributed by atoms with Gasteiger partial charge in [0.15, 0.2) is 0 Å². The van der Waals surface area contributed by atoms with E-state index in [1.54, 1.807) is 13.8 Å². The van der Waals surface area contributed by atoms with Gasteiger partial charge in [0.1, 0.15) is 5.41 Å². The number of fused-ring (bicyclic) bond motifs is 1. The molecule has 1 aliphatic rings. The van der Waals surface area contributed by atoms with E-state index in [1.807, 2.05) is 6.07 Å². The molecule has 3 nitrogen and oxygen atoms in total. The standard InChI is InChI=1S/C16H20N2O/c1-16(2,11-17)15(19)18-9-8-12-6-7-13-4-3-5-14(13)10-12/h6-7,10H,3-5,8-9H2,1-2H3,(H,18,19). The summed E-state index contributed by atoms with van der Waals surface area (Å²) >= 11 is 0. The molecule has 2 rings (SSSR count). The van der Waals surface area contributed by atoms with E-state index in [0.29, 0.717) is 6.54 Å². The largest absolute Gasteiger partial charge is 0.354 e. The summed E-state index contributed by atoms with van der Waals surface area (Å²) in [6.07, 6.45) is 4.45. The maximum Gasteiger partial charge on any atom is 0.239 e. The number of nitriles is 1. The van der Waals surface area contributed by atoms with Gasteiger partial charge in [-0.15, -0.1) is 0 Å². The number of carbonyl (C=O) groups excluding carboxylic acids is 1. The Bertz CT molecular complexity index is 526. The summed E-state index contributed by atoms with van der Waals surface area (Å²) in [6, 6.07) is 8.62. The lowest BCUT2D eigenvalue weighted by atomic mass is 9.94. The van der Waals surface area contributed by atoms with Gasteiger partial charge in [0.2, 0.25) is 5.91 Å². The van der Waals surface area contributed by atoms with Crippen molar-refractivity contribution in [1.29, 1.82) is 5.26 Å². The number of carbonyl (C=O) groups is 1. The fourth-order valence-electron chi connectivity index (χ4n) is 2.37. The van der Waals surface area contributed by atoms with Crippen LogP contribution in [0.25, 0.3) is 0 Å². The van der Waals surface area contributed by atoms with Crippen molar-refractivity contribution in [3.8, 4) is 6.07 Å². The van der Waals surface area contributed by atoms with Gasteiger partial charge >= 0.3 is 0 Å². The van der Waals surface area contributed by atoms with Gasteiger partial charge in [-0.1, -0.05) is 18.2 Å². The van der Waals surface area contributed by atoms with Crippen LogP contribution in [0.15, 0.2) is 18.2 Å². The van der Waals surface area contributed by atoms with Gasteiger partial charge in [0.25, 0.3) is 0 Å². The molecular weight excluding hydrogens is 236 g/mol. The highest BCUT2D eigenvalue weighted by molar-refractivity contribution is 5.84. The van der Waals surface area contributed by atoms with Crippen molar-refractivity contribution < 1.29 is 4.79 Å². The van der Waals surface area contributed by atoms with Crippen molar-refractivity contribution in [3.63, 3.8) is 0 Å². The molecule has 0 saturated carbocycles. The first-order chi connectivity index (χ1) is 9.03. The maximum absolute atomic E-state index is 11.7. The summed E-state index contributed by atoms with van der Waals surface area (Å²) in [5.74, 6) is -0.198. The zero-order valence-corrected chi connectivity index (χ0v) is 11.6. The highest BCUT2D eigenvalue weighted by atomic mass is 16.2. The van der Waals surface area contributed by atoms with E-state index in [2.05, 4.69) is 23.5 Å².